The molecule has 26 heavy (non-hydrogen) atoms. The molecule has 140 valence electrons. The van der Waals surface area contributed by atoms with Gasteiger partial charge < -0.3 is 5.32 Å². The zero-order chi connectivity index (χ0) is 18.7. The molecule has 0 radical (unpaired) electrons. The molecule has 0 atom stereocenters. The van der Waals surface area contributed by atoms with Crippen LogP contribution in [0, 0.1) is 16.0 Å². The van der Waals surface area contributed by atoms with Crippen molar-refractivity contribution in [3.8, 4) is 0 Å². The SMILES string of the molecule is O=[N+]([O-])c1ccc(NCC2CCN(CC(F)(F)F)CC2)c2ncccc12. The fourth-order valence-corrected chi connectivity index (χ4v) is 3.32. The number of benzene rings is 1. The number of aromatic nitrogens is 1. The van der Waals surface area contributed by atoms with Gasteiger partial charge in [-0.25, -0.2) is 0 Å². The van der Waals surface area contributed by atoms with Crippen molar-refractivity contribution in [2.45, 2.75) is 19.0 Å². The molecule has 0 unspecified atom stereocenters. The smallest absolute Gasteiger partial charge is 0.383 e. The highest BCUT2D eigenvalue weighted by molar-refractivity contribution is 5.96. The van der Waals surface area contributed by atoms with Gasteiger partial charge in [0.25, 0.3) is 5.69 Å². The first-order valence-electron chi connectivity index (χ1n) is 8.38. The van der Waals surface area contributed by atoms with Crippen LogP contribution in [0.25, 0.3) is 10.9 Å². The number of halogens is 3. The van der Waals surface area contributed by atoms with Gasteiger partial charge in [-0.05, 0) is 50.0 Å². The van der Waals surface area contributed by atoms with Crippen LogP contribution >= 0.6 is 0 Å². The van der Waals surface area contributed by atoms with Crippen LogP contribution in [-0.4, -0.2) is 47.2 Å². The molecule has 0 amide bonds. The predicted molar refractivity (Wildman–Crippen MR) is 92.1 cm³/mol. The number of alkyl halides is 3. The fraction of sp³-hybridized carbons (Fsp3) is 0.471. The summed E-state index contributed by atoms with van der Waals surface area (Å²) in [6.07, 6.45) is -1.22. The van der Waals surface area contributed by atoms with Crippen LogP contribution in [0.4, 0.5) is 24.5 Å². The summed E-state index contributed by atoms with van der Waals surface area (Å²) in [5.74, 6) is 0.258. The Morgan fingerprint density at radius 2 is 2.00 bits per heavy atom. The third kappa shape index (κ3) is 4.40. The molecule has 1 aromatic carbocycles. The lowest BCUT2D eigenvalue weighted by Gasteiger charge is -2.32. The van der Waals surface area contributed by atoms with E-state index >= 15 is 0 Å². The van der Waals surface area contributed by atoms with E-state index in [1.807, 2.05) is 0 Å². The number of nitrogens with one attached hydrogen (secondary N) is 1. The molecule has 1 aliphatic rings. The second kappa shape index (κ2) is 7.45. The fourth-order valence-electron chi connectivity index (χ4n) is 3.32. The van der Waals surface area contributed by atoms with Crippen molar-refractivity contribution in [2.75, 3.05) is 31.5 Å². The number of fused-ring (bicyclic) bond motifs is 1. The molecule has 2 heterocycles. The zero-order valence-electron chi connectivity index (χ0n) is 14.0. The van der Waals surface area contributed by atoms with Gasteiger partial charge in [0.2, 0.25) is 0 Å². The van der Waals surface area contributed by atoms with E-state index in [1.54, 1.807) is 24.4 Å². The van der Waals surface area contributed by atoms with Crippen molar-refractivity contribution in [3.63, 3.8) is 0 Å². The molecule has 0 aliphatic carbocycles. The average molecular weight is 368 g/mol. The summed E-state index contributed by atoms with van der Waals surface area (Å²) in [7, 11) is 0. The highest BCUT2D eigenvalue weighted by Gasteiger charge is 2.32. The Hall–Kier alpha value is -2.42. The van der Waals surface area contributed by atoms with E-state index in [2.05, 4.69) is 10.3 Å². The molecular formula is C17H19F3N4O2. The van der Waals surface area contributed by atoms with Gasteiger partial charge in [-0.15, -0.1) is 0 Å². The lowest BCUT2D eigenvalue weighted by atomic mass is 9.96. The maximum atomic E-state index is 12.4. The van der Waals surface area contributed by atoms with Crippen LogP contribution in [0.15, 0.2) is 30.5 Å². The summed E-state index contributed by atoms with van der Waals surface area (Å²) in [6.45, 7) is 0.587. The molecule has 9 heteroatoms. The monoisotopic (exact) mass is 368 g/mol. The summed E-state index contributed by atoms with van der Waals surface area (Å²) < 4.78 is 37.3. The largest absolute Gasteiger partial charge is 0.401 e. The molecule has 1 saturated heterocycles. The summed E-state index contributed by atoms with van der Waals surface area (Å²) in [4.78, 5) is 16.4. The van der Waals surface area contributed by atoms with Gasteiger partial charge in [0.1, 0.15) is 5.52 Å². The highest BCUT2D eigenvalue weighted by atomic mass is 19.4. The van der Waals surface area contributed by atoms with Gasteiger partial charge in [0, 0.05) is 18.8 Å². The summed E-state index contributed by atoms with van der Waals surface area (Å²) in [5, 5.41) is 14.9. The number of nitro benzene ring substituents is 1. The highest BCUT2D eigenvalue weighted by Crippen LogP contribution is 2.30. The molecule has 1 aromatic heterocycles. The Bertz CT molecular complexity index is 789. The molecule has 6 nitrogen and oxygen atoms in total. The molecule has 0 saturated carbocycles. The molecule has 1 aliphatic heterocycles. The van der Waals surface area contributed by atoms with Gasteiger partial charge in [-0.2, -0.15) is 13.2 Å². The Morgan fingerprint density at radius 1 is 1.27 bits per heavy atom. The molecule has 3 rings (SSSR count). The lowest BCUT2D eigenvalue weighted by Crippen LogP contribution is -2.41. The number of rotatable bonds is 5. The number of pyridine rings is 1. The predicted octanol–water partition coefficient (Wildman–Crippen LogP) is 3.83. The second-order valence-corrected chi connectivity index (χ2v) is 6.50. The lowest BCUT2D eigenvalue weighted by molar-refractivity contribution is -0.383. The molecule has 2 aromatic rings. The van der Waals surface area contributed by atoms with Gasteiger partial charge in [-0.1, -0.05) is 0 Å². The molecular weight excluding hydrogens is 349 g/mol. The van der Waals surface area contributed by atoms with Crippen LogP contribution in [0.3, 0.4) is 0 Å². The van der Waals surface area contributed by atoms with Crippen LogP contribution in [0.1, 0.15) is 12.8 Å². The van der Waals surface area contributed by atoms with E-state index < -0.39 is 17.6 Å². The maximum Gasteiger partial charge on any atom is 0.401 e. The third-order valence-corrected chi connectivity index (χ3v) is 4.63. The summed E-state index contributed by atoms with van der Waals surface area (Å²) >= 11 is 0. The Labute approximate surface area is 148 Å². The number of likely N-dealkylation sites (tertiary alicyclic amines) is 1. The first-order chi connectivity index (χ1) is 12.3. The zero-order valence-corrected chi connectivity index (χ0v) is 14.0. The maximum absolute atomic E-state index is 12.4. The summed E-state index contributed by atoms with van der Waals surface area (Å²) in [5.41, 5.74) is 1.22. The van der Waals surface area contributed by atoms with Crippen molar-refractivity contribution in [1.82, 2.24) is 9.88 Å². The van der Waals surface area contributed by atoms with Gasteiger partial charge in [-0.3, -0.25) is 20.0 Å². The van der Waals surface area contributed by atoms with Crippen LogP contribution < -0.4 is 5.32 Å². The van der Waals surface area contributed by atoms with E-state index in [0.717, 1.165) is 0 Å². The Kier molecular flexibility index (Phi) is 5.26. The minimum absolute atomic E-state index is 0.000825. The van der Waals surface area contributed by atoms with E-state index in [0.29, 0.717) is 49.1 Å². The van der Waals surface area contributed by atoms with E-state index in [-0.39, 0.29) is 11.6 Å². The normalized spacial score (nSPS) is 16.7. The van der Waals surface area contributed by atoms with Crippen molar-refractivity contribution in [2.24, 2.45) is 5.92 Å². The second-order valence-electron chi connectivity index (χ2n) is 6.50. The average Bonchev–Trinajstić information content (AvgIpc) is 2.59. The van der Waals surface area contributed by atoms with Crippen molar-refractivity contribution < 1.29 is 18.1 Å². The topological polar surface area (TPSA) is 71.3 Å². The van der Waals surface area contributed by atoms with Crippen molar-refractivity contribution >= 4 is 22.3 Å². The molecule has 0 bridgehead atoms. The number of non-ortho nitro benzene ring substituents is 1. The summed E-state index contributed by atoms with van der Waals surface area (Å²) in [6, 6.07) is 6.38. The quantitative estimate of drug-likeness (QED) is 0.642. The number of anilines is 1. The van der Waals surface area contributed by atoms with Crippen molar-refractivity contribution in [1.29, 1.82) is 0 Å². The third-order valence-electron chi connectivity index (χ3n) is 4.63. The first kappa shape index (κ1) is 18.4. The number of hydrogen-bond donors (Lipinski definition) is 1. The van der Waals surface area contributed by atoms with Crippen LogP contribution in [0.5, 0.6) is 0 Å². The molecule has 1 N–H and O–H groups in total. The minimum Gasteiger partial charge on any atom is -0.383 e. The number of nitrogens with zero attached hydrogens (tertiary/aromatic N) is 3. The standard InChI is InChI=1S/C17H19F3N4O2/c18-17(19,20)11-23-8-5-12(6-9-23)10-22-14-3-4-15(24(25)26)13-2-1-7-21-16(13)14/h1-4,7,12,22H,5-6,8-11H2. The number of hydrogen-bond acceptors (Lipinski definition) is 5. The molecule has 1 fully saturated rings. The van der Waals surface area contributed by atoms with E-state index in [4.69, 9.17) is 0 Å². The van der Waals surface area contributed by atoms with Gasteiger partial charge in [0.15, 0.2) is 0 Å². The van der Waals surface area contributed by atoms with Gasteiger partial charge in [0.05, 0.1) is 22.5 Å². The number of piperidine rings is 1. The van der Waals surface area contributed by atoms with Gasteiger partial charge >= 0.3 is 6.18 Å². The van der Waals surface area contributed by atoms with Crippen LogP contribution in [-0.2, 0) is 0 Å². The molecule has 0 spiro atoms. The van der Waals surface area contributed by atoms with Crippen LogP contribution in [0.2, 0.25) is 0 Å². The minimum atomic E-state index is -4.16. The Morgan fingerprint density at radius 3 is 2.65 bits per heavy atom. The van der Waals surface area contributed by atoms with Crippen molar-refractivity contribution in [3.05, 3.63) is 40.6 Å². The van der Waals surface area contributed by atoms with E-state index in [9.17, 15) is 23.3 Å². The number of nitro groups is 1. The van der Waals surface area contributed by atoms with E-state index in [1.165, 1.54) is 11.0 Å². The Balaban J connectivity index is 1.63. The first-order valence-corrected chi connectivity index (χ1v) is 8.38.